The number of sulfonamides is 1. The first-order chi connectivity index (χ1) is 9.44. The molecule has 0 radical (unpaired) electrons. The Kier molecular flexibility index (Phi) is 4.72. The maximum atomic E-state index is 12.4. The summed E-state index contributed by atoms with van der Waals surface area (Å²) in [5.41, 5.74) is 0.373. The predicted molar refractivity (Wildman–Crippen MR) is 85.6 cm³/mol. The highest BCUT2D eigenvalue weighted by Crippen LogP contribution is 2.31. The molecule has 0 bridgehead atoms. The van der Waals surface area contributed by atoms with Crippen LogP contribution >= 0.6 is 31.9 Å². The van der Waals surface area contributed by atoms with Crippen LogP contribution in [-0.4, -0.2) is 15.5 Å². The van der Waals surface area contributed by atoms with Crippen LogP contribution in [0.2, 0.25) is 0 Å². The third kappa shape index (κ3) is 3.34. The van der Waals surface area contributed by atoms with Crippen LogP contribution in [0.4, 0.5) is 5.69 Å². The summed E-state index contributed by atoms with van der Waals surface area (Å²) in [6.45, 7) is 0. The third-order valence-corrected chi connectivity index (χ3v) is 5.40. The average molecular weight is 421 g/mol. The second kappa shape index (κ2) is 6.15. The minimum absolute atomic E-state index is 0.169. The standard InChI is InChI=1S/C13H11Br2NO3S/c1-19-12-7-6-9(14)8-11(12)16-20(17,18)13-5-3-2-4-10(13)15/h2-8,16H,1H3. The number of halogens is 2. The molecule has 2 aromatic carbocycles. The van der Waals surface area contributed by atoms with Crippen LogP contribution in [0.25, 0.3) is 0 Å². The van der Waals surface area contributed by atoms with E-state index in [4.69, 9.17) is 4.74 Å². The summed E-state index contributed by atoms with van der Waals surface area (Å²) >= 11 is 6.54. The van der Waals surface area contributed by atoms with Crippen LogP contribution in [0, 0.1) is 0 Å². The van der Waals surface area contributed by atoms with E-state index in [0.717, 1.165) is 4.47 Å². The highest BCUT2D eigenvalue weighted by Gasteiger charge is 2.19. The fourth-order valence-corrected chi connectivity index (χ4v) is 4.05. The molecule has 0 saturated carbocycles. The summed E-state index contributed by atoms with van der Waals surface area (Å²) in [6, 6.07) is 11.7. The van der Waals surface area contributed by atoms with Crippen molar-refractivity contribution in [1.29, 1.82) is 0 Å². The van der Waals surface area contributed by atoms with E-state index < -0.39 is 10.0 Å². The fraction of sp³-hybridized carbons (Fsp3) is 0.0769. The highest BCUT2D eigenvalue weighted by molar-refractivity contribution is 9.10. The molecule has 0 aromatic heterocycles. The summed E-state index contributed by atoms with van der Waals surface area (Å²) < 4.78 is 33.7. The molecule has 0 spiro atoms. The molecule has 0 aliphatic carbocycles. The van der Waals surface area contributed by atoms with Crippen molar-refractivity contribution in [3.05, 3.63) is 51.4 Å². The van der Waals surface area contributed by atoms with E-state index >= 15 is 0 Å². The topological polar surface area (TPSA) is 55.4 Å². The first-order valence-corrected chi connectivity index (χ1v) is 8.62. The van der Waals surface area contributed by atoms with E-state index in [9.17, 15) is 8.42 Å². The van der Waals surface area contributed by atoms with Gasteiger partial charge < -0.3 is 4.74 Å². The van der Waals surface area contributed by atoms with E-state index in [1.807, 2.05) is 0 Å². The Morgan fingerprint density at radius 2 is 1.80 bits per heavy atom. The van der Waals surface area contributed by atoms with Gasteiger partial charge >= 0.3 is 0 Å². The molecule has 0 atom stereocenters. The van der Waals surface area contributed by atoms with Gasteiger partial charge in [0.25, 0.3) is 10.0 Å². The molecule has 0 heterocycles. The first kappa shape index (κ1) is 15.3. The molecule has 0 aliphatic heterocycles. The van der Waals surface area contributed by atoms with Crippen molar-refractivity contribution in [2.24, 2.45) is 0 Å². The number of nitrogens with one attached hydrogen (secondary N) is 1. The molecule has 0 unspecified atom stereocenters. The van der Waals surface area contributed by atoms with E-state index in [0.29, 0.717) is 15.9 Å². The molecule has 2 aromatic rings. The SMILES string of the molecule is COc1ccc(Br)cc1NS(=O)(=O)c1ccccc1Br. The summed E-state index contributed by atoms with van der Waals surface area (Å²) in [5, 5.41) is 0. The van der Waals surface area contributed by atoms with Gasteiger partial charge in [0, 0.05) is 8.95 Å². The van der Waals surface area contributed by atoms with E-state index in [-0.39, 0.29) is 4.90 Å². The van der Waals surface area contributed by atoms with Crippen molar-refractivity contribution in [2.45, 2.75) is 4.90 Å². The van der Waals surface area contributed by atoms with Crippen LogP contribution in [0.5, 0.6) is 5.75 Å². The van der Waals surface area contributed by atoms with Gasteiger partial charge in [0.2, 0.25) is 0 Å². The van der Waals surface area contributed by atoms with E-state index in [2.05, 4.69) is 36.6 Å². The normalized spacial score (nSPS) is 11.2. The molecule has 4 nitrogen and oxygen atoms in total. The zero-order chi connectivity index (χ0) is 14.8. The molecule has 0 amide bonds. The largest absolute Gasteiger partial charge is 0.495 e. The Bertz CT molecular complexity index is 732. The zero-order valence-electron chi connectivity index (χ0n) is 10.4. The number of anilines is 1. The smallest absolute Gasteiger partial charge is 0.263 e. The average Bonchev–Trinajstić information content (AvgIpc) is 2.39. The minimum Gasteiger partial charge on any atom is -0.495 e. The van der Waals surface area contributed by atoms with Gasteiger partial charge in [-0.25, -0.2) is 8.42 Å². The van der Waals surface area contributed by atoms with Crippen molar-refractivity contribution in [3.63, 3.8) is 0 Å². The van der Waals surface area contributed by atoms with Gasteiger partial charge in [-0.3, -0.25) is 4.72 Å². The van der Waals surface area contributed by atoms with Gasteiger partial charge in [0.05, 0.1) is 12.8 Å². The van der Waals surface area contributed by atoms with Crippen LogP contribution in [0.3, 0.4) is 0 Å². The van der Waals surface area contributed by atoms with Crippen molar-refractivity contribution >= 4 is 47.6 Å². The van der Waals surface area contributed by atoms with Crippen molar-refractivity contribution < 1.29 is 13.2 Å². The number of benzene rings is 2. The Balaban J connectivity index is 2.44. The number of hydrogen-bond donors (Lipinski definition) is 1. The molecular formula is C13H11Br2NO3S. The Morgan fingerprint density at radius 3 is 2.45 bits per heavy atom. The van der Waals surface area contributed by atoms with Crippen molar-refractivity contribution in [2.75, 3.05) is 11.8 Å². The molecule has 1 N–H and O–H groups in total. The summed E-state index contributed by atoms with van der Waals surface area (Å²) in [6.07, 6.45) is 0. The second-order valence-electron chi connectivity index (χ2n) is 3.88. The zero-order valence-corrected chi connectivity index (χ0v) is 14.4. The maximum Gasteiger partial charge on any atom is 0.263 e. The number of hydrogen-bond acceptors (Lipinski definition) is 3. The molecule has 7 heteroatoms. The molecular weight excluding hydrogens is 410 g/mol. The molecule has 2 rings (SSSR count). The lowest BCUT2D eigenvalue weighted by Crippen LogP contribution is -2.14. The summed E-state index contributed by atoms with van der Waals surface area (Å²) in [5.74, 6) is 0.448. The summed E-state index contributed by atoms with van der Waals surface area (Å²) in [7, 11) is -2.21. The highest BCUT2D eigenvalue weighted by atomic mass is 79.9. The van der Waals surface area contributed by atoms with E-state index in [1.54, 1.807) is 36.4 Å². The number of rotatable bonds is 4. The quantitative estimate of drug-likeness (QED) is 0.812. The predicted octanol–water partition coefficient (Wildman–Crippen LogP) is 4.02. The maximum absolute atomic E-state index is 12.4. The first-order valence-electron chi connectivity index (χ1n) is 5.55. The Morgan fingerprint density at radius 1 is 1.10 bits per heavy atom. The molecule has 20 heavy (non-hydrogen) atoms. The van der Waals surface area contributed by atoms with Gasteiger partial charge in [0.1, 0.15) is 10.6 Å². The van der Waals surface area contributed by atoms with Crippen LogP contribution < -0.4 is 9.46 Å². The lowest BCUT2D eigenvalue weighted by Gasteiger charge is -2.13. The number of ether oxygens (including phenoxy) is 1. The van der Waals surface area contributed by atoms with Gasteiger partial charge in [-0.15, -0.1) is 0 Å². The lowest BCUT2D eigenvalue weighted by molar-refractivity contribution is 0.417. The van der Waals surface area contributed by atoms with Gasteiger partial charge in [-0.1, -0.05) is 28.1 Å². The third-order valence-electron chi connectivity index (χ3n) is 2.53. The monoisotopic (exact) mass is 419 g/mol. The minimum atomic E-state index is -3.69. The molecule has 0 fully saturated rings. The van der Waals surface area contributed by atoms with Crippen molar-refractivity contribution in [3.8, 4) is 5.75 Å². The Labute approximate surface area is 134 Å². The lowest BCUT2D eigenvalue weighted by atomic mass is 10.3. The van der Waals surface area contributed by atoms with E-state index in [1.165, 1.54) is 13.2 Å². The van der Waals surface area contributed by atoms with Crippen LogP contribution in [0.1, 0.15) is 0 Å². The molecule has 0 aliphatic rings. The van der Waals surface area contributed by atoms with Gasteiger partial charge in [0.15, 0.2) is 0 Å². The molecule has 106 valence electrons. The fourth-order valence-electron chi connectivity index (χ4n) is 1.62. The van der Waals surface area contributed by atoms with Crippen LogP contribution in [0.15, 0.2) is 56.3 Å². The second-order valence-corrected chi connectivity index (χ2v) is 7.30. The summed E-state index contributed by atoms with van der Waals surface area (Å²) in [4.78, 5) is 0.169. The van der Waals surface area contributed by atoms with Gasteiger partial charge in [-0.2, -0.15) is 0 Å². The number of methoxy groups -OCH3 is 1. The van der Waals surface area contributed by atoms with Gasteiger partial charge in [-0.05, 0) is 46.3 Å². The Hall–Kier alpha value is -1.05. The molecule has 0 saturated heterocycles. The van der Waals surface area contributed by atoms with Crippen LogP contribution in [-0.2, 0) is 10.0 Å². The van der Waals surface area contributed by atoms with Crippen molar-refractivity contribution in [1.82, 2.24) is 0 Å².